The maximum absolute atomic E-state index is 13.2. The molecular weight excluding hydrogens is 259 g/mol. The number of hydrogen-bond acceptors (Lipinski definition) is 2. The van der Waals surface area contributed by atoms with Gasteiger partial charge in [-0.3, -0.25) is 4.79 Å². The molecule has 20 heavy (non-hydrogen) atoms. The topological polar surface area (TPSA) is 55.1 Å². The number of rotatable bonds is 3. The van der Waals surface area contributed by atoms with E-state index in [-0.39, 0.29) is 5.82 Å². The van der Waals surface area contributed by atoms with Gasteiger partial charge in [-0.25, -0.2) is 9.37 Å². The van der Waals surface area contributed by atoms with Gasteiger partial charge in [-0.15, -0.1) is 0 Å². The fraction of sp³-hybridized carbons (Fsp3) is 0.467. The van der Waals surface area contributed by atoms with Gasteiger partial charge in [0.2, 0.25) is 0 Å². The first-order valence-electron chi connectivity index (χ1n) is 6.86. The summed E-state index contributed by atoms with van der Waals surface area (Å²) in [7, 11) is 1.85. The predicted octanol–water partition coefficient (Wildman–Crippen LogP) is 2.90. The number of carboxylic acid groups (broad SMARTS) is 1. The first kappa shape index (κ1) is 13.1. The van der Waals surface area contributed by atoms with Gasteiger partial charge in [0, 0.05) is 19.5 Å². The van der Waals surface area contributed by atoms with Crippen LogP contribution in [0.25, 0.3) is 11.0 Å². The van der Waals surface area contributed by atoms with Crippen LogP contribution in [0.15, 0.2) is 18.2 Å². The van der Waals surface area contributed by atoms with Crippen molar-refractivity contribution in [2.45, 2.75) is 32.1 Å². The molecule has 106 valence electrons. The Labute approximate surface area is 116 Å². The maximum atomic E-state index is 13.2. The summed E-state index contributed by atoms with van der Waals surface area (Å²) in [4.78, 5) is 16.0. The van der Waals surface area contributed by atoms with Crippen LogP contribution in [-0.4, -0.2) is 20.6 Å². The molecule has 0 atom stereocenters. The lowest BCUT2D eigenvalue weighted by Crippen LogP contribution is -2.31. The first-order valence-corrected chi connectivity index (χ1v) is 6.86. The Morgan fingerprint density at radius 3 is 2.80 bits per heavy atom. The molecule has 5 heteroatoms. The molecule has 1 fully saturated rings. The zero-order valence-electron chi connectivity index (χ0n) is 11.4. The molecule has 3 rings (SSSR count). The van der Waals surface area contributed by atoms with Crippen LogP contribution in [0, 0.1) is 11.2 Å². The van der Waals surface area contributed by atoms with Gasteiger partial charge in [-0.2, -0.15) is 0 Å². The Kier molecular flexibility index (Phi) is 3.00. The minimum Gasteiger partial charge on any atom is -0.481 e. The molecule has 1 N–H and O–H groups in total. The van der Waals surface area contributed by atoms with Gasteiger partial charge < -0.3 is 9.67 Å². The number of hydrogen-bond donors (Lipinski definition) is 1. The number of fused-ring (bicyclic) bond motifs is 1. The van der Waals surface area contributed by atoms with E-state index in [1.807, 2.05) is 11.6 Å². The molecule has 1 saturated carbocycles. The van der Waals surface area contributed by atoms with Gasteiger partial charge in [-0.1, -0.05) is 12.8 Å². The summed E-state index contributed by atoms with van der Waals surface area (Å²) in [6, 6.07) is 4.47. The number of carbonyl (C=O) groups is 1. The Hall–Kier alpha value is -1.91. The summed E-state index contributed by atoms with van der Waals surface area (Å²) < 4.78 is 15.1. The van der Waals surface area contributed by atoms with Crippen LogP contribution in [0.4, 0.5) is 4.39 Å². The highest BCUT2D eigenvalue weighted by atomic mass is 19.1. The van der Waals surface area contributed by atoms with Crippen LogP contribution < -0.4 is 0 Å². The third kappa shape index (κ3) is 1.97. The number of nitrogens with zero attached hydrogens (tertiary/aromatic N) is 2. The fourth-order valence-electron chi connectivity index (χ4n) is 3.20. The first-order chi connectivity index (χ1) is 9.52. The summed E-state index contributed by atoms with van der Waals surface area (Å²) in [6.45, 7) is 0. The molecule has 0 unspecified atom stereocenters. The maximum Gasteiger partial charge on any atom is 0.310 e. The molecule has 0 amide bonds. The number of halogens is 1. The number of aromatic nitrogens is 2. The van der Waals surface area contributed by atoms with Crippen molar-refractivity contribution in [3.8, 4) is 0 Å². The van der Waals surface area contributed by atoms with Crippen LogP contribution >= 0.6 is 0 Å². The Morgan fingerprint density at radius 2 is 2.15 bits per heavy atom. The second-order valence-electron chi connectivity index (χ2n) is 5.69. The highest BCUT2D eigenvalue weighted by molar-refractivity contribution is 5.77. The SMILES string of the molecule is Cn1c(CC2(C(=O)O)CCCC2)nc2cc(F)ccc21. The minimum atomic E-state index is -0.742. The molecule has 0 bridgehead atoms. The average Bonchev–Trinajstić information content (AvgIpc) is 2.97. The van der Waals surface area contributed by atoms with E-state index in [1.165, 1.54) is 12.1 Å². The number of carboxylic acids is 1. The molecule has 1 aliphatic carbocycles. The Bertz CT molecular complexity index is 672. The van der Waals surface area contributed by atoms with Crippen molar-refractivity contribution in [2.24, 2.45) is 12.5 Å². The van der Waals surface area contributed by atoms with Gasteiger partial charge in [0.25, 0.3) is 0 Å². The molecule has 1 aromatic carbocycles. The molecule has 4 nitrogen and oxygen atoms in total. The summed E-state index contributed by atoms with van der Waals surface area (Å²) >= 11 is 0. The van der Waals surface area contributed by atoms with Crippen LogP contribution in [-0.2, 0) is 18.3 Å². The molecular formula is C15H17FN2O2. The molecule has 1 aliphatic rings. The molecule has 2 aromatic rings. The largest absolute Gasteiger partial charge is 0.481 e. The zero-order valence-corrected chi connectivity index (χ0v) is 11.4. The lowest BCUT2D eigenvalue weighted by molar-refractivity contribution is -0.148. The number of imidazole rings is 1. The van der Waals surface area contributed by atoms with Crippen LogP contribution in [0.5, 0.6) is 0 Å². The van der Waals surface area contributed by atoms with Crippen molar-refractivity contribution in [3.63, 3.8) is 0 Å². The second kappa shape index (κ2) is 4.58. The third-order valence-corrected chi connectivity index (χ3v) is 4.45. The van der Waals surface area contributed by atoms with Crippen LogP contribution in [0.2, 0.25) is 0 Å². The number of benzene rings is 1. The molecule has 1 aromatic heterocycles. The molecule has 0 spiro atoms. The van der Waals surface area contributed by atoms with E-state index in [0.717, 1.165) is 24.2 Å². The van der Waals surface area contributed by atoms with Crippen molar-refractivity contribution in [1.29, 1.82) is 0 Å². The van der Waals surface area contributed by atoms with E-state index in [2.05, 4.69) is 4.98 Å². The highest BCUT2D eigenvalue weighted by Crippen LogP contribution is 2.41. The van der Waals surface area contributed by atoms with Gasteiger partial charge in [0.05, 0.1) is 16.4 Å². The van der Waals surface area contributed by atoms with E-state index in [1.54, 1.807) is 6.07 Å². The minimum absolute atomic E-state index is 0.323. The summed E-state index contributed by atoms with van der Waals surface area (Å²) in [5, 5.41) is 9.54. The van der Waals surface area contributed by atoms with E-state index in [9.17, 15) is 14.3 Å². The van der Waals surface area contributed by atoms with Gasteiger partial charge in [-0.05, 0) is 25.0 Å². The highest BCUT2D eigenvalue weighted by Gasteiger charge is 2.42. The normalized spacial score (nSPS) is 17.7. The smallest absolute Gasteiger partial charge is 0.310 e. The Morgan fingerprint density at radius 1 is 1.45 bits per heavy atom. The summed E-state index contributed by atoms with van der Waals surface area (Å²) in [6.07, 6.45) is 3.70. The van der Waals surface area contributed by atoms with E-state index >= 15 is 0 Å². The van der Waals surface area contributed by atoms with Crippen LogP contribution in [0.1, 0.15) is 31.5 Å². The van der Waals surface area contributed by atoms with Crippen molar-refractivity contribution in [2.75, 3.05) is 0 Å². The zero-order chi connectivity index (χ0) is 14.3. The van der Waals surface area contributed by atoms with Gasteiger partial charge >= 0.3 is 5.97 Å². The quantitative estimate of drug-likeness (QED) is 0.937. The standard InChI is InChI=1S/C15H17FN2O2/c1-18-12-5-4-10(16)8-11(12)17-13(18)9-15(14(19)20)6-2-3-7-15/h4-5,8H,2-3,6-7,9H2,1H3,(H,19,20). The van der Waals surface area contributed by atoms with Gasteiger partial charge in [0.1, 0.15) is 11.6 Å². The second-order valence-corrected chi connectivity index (χ2v) is 5.69. The Balaban J connectivity index is 2.02. The fourth-order valence-corrected chi connectivity index (χ4v) is 3.20. The third-order valence-electron chi connectivity index (χ3n) is 4.45. The van der Waals surface area contributed by atoms with Crippen molar-refractivity contribution < 1.29 is 14.3 Å². The molecule has 0 radical (unpaired) electrons. The van der Waals surface area contributed by atoms with E-state index < -0.39 is 11.4 Å². The van der Waals surface area contributed by atoms with Crippen molar-refractivity contribution in [1.82, 2.24) is 9.55 Å². The van der Waals surface area contributed by atoms with Crippen molar-refractivity contribution in [3.05, 3.63) is 29.8 Å². The van der Waals surface area contributed by atoms with Crippen molar-refractivity contribution >= 4 is 17.0 Å². The molecule has 0 aliphatic heterocycles. The lowest BCUT2D eigenvalue weighted by atomic mass is 9.82. The molecule has 0 saturated heterocycles. The monoisotopic (exact) mass is 276 g/mol. The molecule has 1 heterocycles. The van der Waals surface area contributed by atoms with E-state index in [0.29, 0.717) is 24.8 Å². The lowest BCUT2D eigenvalue weighted by Gasteiger charge is -2.23. The average molecular weight is 276 g/mol. The van der Waals surface area contributed by atoms with Gasteiger partial charge in [0.15, 0.2) is 0 Å². The number of aliphatic carboxylic acids is 1. The van der Waals surface area contributed by atoms with Crippen LogP contribution in [0.3, 0.4) is 0 Å². The van der Waals surface area contributed by atoms with E-state index in [4.69, 9.17) is 0 Å². The summed E-state index contributed by atoms with van der Waals surface area (Å²) in [5.41, 5.74) is 0.717. The summed E-state index contributed by atoms with van der Waals surface area (Å²) in [5.74, 6) is -0.348. The predicted molar refractivity (Wildman–Crippen MR) is 72.9 cm³/mol. The number of aryl methyl sites for hydroxylation is 1.